The van der Waals surface area contributed by atoms with E-state index in [-0.39, 0.29) is 30.1 Å². The molecule has 0 saturated carbocycles. The molecule has 21 heavy (non-hydrogen) atoms. The highest BCUT2D eigenvalue weighted by Gasteiger charge is 2.40. The van der Waals surface area contributed by atoms with E-state index in [2.05, 4.69) is 5.32 Å². The van der Waals surface area contributed by atoms with Crippen LogP contribution in [0.2, 0.25) is 0 Å². The van der Waals surface area contributed by atoms with Crippen LogP contribution in [0.5, 0.6) is 0 Å². The van der Waals surface area contributed by atoms with Crippen molar-refractivity contribution in [3.63, 3.8) is 0 Å². The van der Waals surface area contributed by atoms with Gasteiger partial charge in [-0.25, -0.2) is 8.42 Å². The lowest BCUT2D eigenvalue weighted by Crippen LogP contribution is -2.56. The van der Waals surface area contributed by atoms with Gasteiger partial charge in [-0.15, -0.1) is 12.4 Å². The maximum absolute atomic E-state index is 12.6. The first kappa shape index (κ1) is 18.7. The zero-order valence-electron chi connectivity index (χ0n) is 12.7. The van der Waals surface area contributed by atoms with Crippen molar-refractivity contribution in [1.29, 1.82) is 0 Å². The maximum Gasteiger partial charge on any atom is 0.241 e. The highest BCUT2D eigenvalue weighted by atomic mass is 35.5. The standard InChI is InChI=1S/C13H25N3O3S.ClH/c1-3-9-20(18,19)16-7-4-5-12(16)13(17)15-8-6-14-11(2)10-15;/h11-12,14H,3-10H2,1-2H3;1H. The molecule has 0 aromatic rings. The van der Waals surface area contributed by atoms with Gasteiger partial charge in [0.05, 0.1) is 5.75 Å². The number of carbonyl (C=O) groups is 1. The van der Waals surface area contributed by atoms with Gasteiger partial charge in [0.1, 0.15) is 6.04 Å². The smallest absolute Gasteiger partial charge is 0.241 e. The predicted octanol–water partition coefficient (Wildman–Crippen LogP) is 0.433. The second-order valence-electron chi connectivity index (χ2n) is 5.72. The van der Waals surface area contributed by atoms with Crippen LogP contribution in [0.1, 0.15) is 33.1 Å². The normalized spacial score (nSPS) is 27.4. The summed E-state index contributed by atoms with van der Waals surface area (Å²) in [6.07, 6.45) is 2.02. The summed E-state index contributed by atoms with van der Waals surface area (Å²) >= 11 is 0. The molecule has 6 nitrogen and oxygen atoms in total. The minimum absolute atomic E-state index is 0. The SMILES string of the molecule is CCCS(=O)(=O)N1CCCC1C(=O)N1CCNC(C)C1.Cl. The molecular weight excluding hydrogens is 314 g/mol. The van der Waals surface area contributed by atoms with E-state index in [4.69, 9.17) is 0 Å². The van der Waals surface area contributed by atoms with Gasteiger partial charge in [-0.2, -0.15) is 4.31 Å². The van der Waals surface area contributed by atoms with Gasteiger partial charge in [0.15, 0.2) is 0 Å². The van der Waals surface area contributed by atoms with Crippen molar-refractivity contribution < 1.29 is 13.2 Å². The van der Waals surface area contributed by atoms with Crippen LogP contribution in [-0.4, -0.2) is 67.5 Å². The summed E-state index contributed by atoms with van der Waals surface area (Å²) in [5.41, 5.74) is 0. The number of halogens is 1. The Hall–Kier alpha value is -0.370. The molecule has 0 bridgehead atoms. The fourth-order valence-electron chi connectivity index (χ4n) is 3.04. The fourth-order valence-corrected chi connectivity index (χ4v) is 4.78. The van der Waals surface area contributed by atoms with Crippen LogP contribution in [0.25, 0.3) is 0 Å². The number of nitrogens with zero attached hydrogens (tertiary/aromatic N) is 2. The summed E-state index contributed by atoms with van der Waals surface area (Å²) in [5.74, 6) is 0.116. The number of sulfonamides is 1. The summed E-state index contributed by atoms with van der Waals surface area (Å²) in [7, 11) is -3.29. The zero-order valence-corrected chi connectivity index (χ0v) is 14.4. The van der Waals surface area contributed by atoms with E-state index in [0.29, 0.717) is 32.5 Å². The number of amides is 1. The van der Waals surface area contributed by atoms with Crippen molar-refractivity contribution in [1.82, 2.24) is 14.5 Å². The van der Waals surface area contributed by atoms with Gasteiger partial charge < -0.3 is 10.2 Å². The number of hydrogen-bond acceptors (Lipinski definition) is 4. The Morgan fingerprint density at radius 1 is 1.33 bits per heavy atom. The lowest BCUT2D eigenvalue weighted by atomic mass is 10.1. The molecule has 8 heteroatoms. The van der Waals surface area contributed by atoms with Crippen LogP contribution < -0.4 is 5.32 Å². The number of rotatable bonds is 4. The molecular formula is C13H26ClN3O3S. The van der Waals surface area contributed by atoms with E-state index in [1.165, 1.54) is 4.31 Å². The molecule has 1 amide bonds. The third-order valence-electron chi connectivity index (χ3n) is 3.99. The Morgan fingerprint density at radius 2 is 2.05 bits per heavy atom. The van der Waals surface area contributed by atoms with Crippen molar-refractivity contribution in [2.24, 2.45) is 0 Å². The van der Waals surface area contributed by atoms with Gasteiger partial charge >= 0.3 is 0 Å². The molecule has 2 heterocycles. The molecule has 2 aliphatic rings. The second kappa shape index (κ2) is 7.76. The lowest BCUT2D eigenvalue weighted by molar-refractivity contribution is -0.135. The molecule has 0 aliphatic carbocycles. The molecule has 124 valence electrons. The van der Waals surface area contributed by atoms with E-state index < -0.39 is 16.1 Å². The van der Waals surface area contributed by atoms with Crippen LogP contribution in [0, 0.1) is 0 Å². The number of nitrogens with one attached hydrogen (secondary N) is 1. The average molecular weight is 340 g/mol. The molecule has 2 unspecified atom stereocenters. The van der Waals surface area contributed by atoms with Crippen molar-refractivity contribution in [3.8, 4) is 0 Å². The van der Waals surface area contributed by atoms with Crippen molar-refractivity contribution in [2.45, 2.75) is 45.2 Å². The van der Waals surface area contributed by atoms with Gasteiger partial charge in [0.2, 0.25) is 15.9 Å². The molecule has 2 fully saturated rings. The number of hydrogen-bond donors (Lipinski definition) is 1. The van der Waals surface area contributed by atoms with Crippen LogP contribution in [0.3, 0.4) is 0 Å². The third-order valence-corrected chi connectivity index (χ3v) is 6.06. The Kier molecular flexibility index (Phi) is 6.90. The zero-order chi connectivity index (χ0) is 14.8. The van der Waals surface area contributed by atoms with Gasteiger partial charge in [-0.3, -0.25) is 4.79 Å². The minimum Gasteiger partial charge on any atom is -0.338 e. The van der Waals surface area contributed by atoms with E-state index in [1.54, 1.807) is 0 Å². The van der Waals surface area contributed by atoms with Crippen molar-refractivity contribution >= 4 is 28.3 Å². The Bertz CT molecular complexity index is 458. The van der Waals surface area contributed by atoms with Crippen LogP contribution in [-0.2, 0) is 14.8 Å². The van der Waals surface area contributed by atoms with Gasteiger partial charge in [0, 0.05) is 32.2 Å². The van der Waals surface area contributed by atoms with Gasteiger partial charge in [-0.1, -0.05) is 6.92 Å². The molecule has 0 radical (unpaired) electrons. The highest BCUT2D eigenvalue weighted by molar-refractivity contribution is 7.89. The summed E-state index contributed by atoms with van der Waals surface area (Å²) < 4.78 is 25.9. The summed E-state index contributed by atoms with van der Waals surface area (Å²) in [4.78, 5) is 14.4. The fraction of sp³-hybridized carbons (Fsp3) is 0.923. The summed E-state index contributed by atoms with van der Waals surface area (Å²) in [5, 5.41) is 3.29. The first-order chi connectivity index (χ1) is 9.45. The molecule has 2 aliphatic heterocycles. The highest BCUT2D eigenvalue weighted by Crippen LogP contribution is 2.24. The first-order valence-electron chi connectivity index (χ1n) is 7.47. The molecule has 1 N–H and O–H groups in total. The van der Waals surface area contributed by atoms with Crippen LogP contribution >= 0.6 is 12.4 Å². The topological polar surface area (TPSA) is 69.7 Å². The van der Waals surface area contributed by atoms with Gasteiger partial charge in [-0.05, 0) is 26.2 Å². The van der Waals surface area contributed by atoms with E-state index in [1.807, 2.05) is 18.7 Å². The monoisotopic (exact) mass is 339 g/mol. The summed E-state index contributed by atoms with van der Waals surface area (Å²) in [6, 6.07) is -0.202. The lowest BCUT2D eigenvalue weighted by Gasteiger charge is -2.35. The molecule has 2 saturated heterocycles. The third kappa shape index (κ3) is 4.31. The molecule has 2 rings (SSSR count). The van der Waals surface area contributed by atoms with E-state index in [9.17, 15) is 13.2 Å². The molecule has 2 atom stereocenters. The number of piperazine rings is 1. The minimum atomic E-state index is -3.29. The second-order valence-corrected chi connectivity index (χ2v) is 7.77. The largest absolute Gasteiger partial charge is 0.338 e. The van der Waals surface area contributed by atoms with Crippen molar-refractivity contribution in [3.05, 3.63) is 0 Å². The van der Waals surface area contributed by atoms with E-state index in [0.717, 1.165) is 13.0 Å². The Labute approximate surface area is 133 Å². The predicted molar refractivity (Wildman–Crippen MR) is 85.1 cm³/mol. The number of carbonyl (C=O) groups excluding carboxylic acids is 1. The molecule has 0 spiro atoms. The molecule has 0 aromatic carbocycles. The Morgan fingerprint density at radius 3 is 2.67 bits per heavy atom. The first-order valence-corrected chi connectivity index (χ1v) is 9.08. The Balaban J connectivity index is 0.00000220. The maximum atomic E-state index is 12.6. The van der Waals surface area contributed by atoms with Crippen molar-refractivity contribution in [2.75, 3.05) is 31.9 Å². The average Bonchev–Trinajstić information content (AvgIpc) is 2.87. The molecule has 0 aromatic heterocycles. The van der Waals surface area contributed by atoms with E-state index >= 15 is 0 Å². The van der Waals surface area contributed by atoms with Crippen LogP contribution in [0.15, 0.2) is 0 Å². The van der Waals surface area contributed by atoms with Crippen LogP contribution in [0.4, 0.5) is 0 Å². The quantitative estimate of drug-likeness (QED) is 0.806. The van der Waals surface area contributed by atoms with Gasteiger partial charge in [0.25, 0.3) is 0 Å². The summed E-state index contributed by atoms with van der Waals surface area (Å²) in [6.45, 7) is 6.49.